The van der Waals surface area contributed by atoms with Crippen molar-refractivity contribution >= 4 is 27.5 Å². The number of aryl methyl sites for hydroxylation is 1. The van der Waals surface area contributed by atoms with Crippen molar-refractivity contribution in [2.24, 2.45) is 0 Å². The molecule has 2 rings (SSSR count). The van der Waals surface area contributed by atoms with Crippen molar-refractivity contribution in [2.45, 2.75) is 11.8 Å². The second-order valence-electron chi connectivity index (χ2n) is 4.57. The lowest BCUT2D eigenvalue weighted by molar-refractivity contribution is 0.351. The molecule has 0 spiro atoms. The van der Waals surface area contributed by atoms with Crippen molar-refractivity contribution in [3.05, 3.63) is 57.9 Å². The summed E-state index contributed by atoms with van der Waals surface area (Å²) in [5, 5.41) is 0.619. The molecule has 0 heterocycles. The first-order valence-corrected chi connectivity index (χ1v) is 7.59. The molecule has 0 fully saturated rings. The van der Waals surface area contributed by atoms with Crippen molar-refractivity contribution in [2.75, 3.05) is 14.2 Å². The first-order valence-electron chi connectivity index (χ1n) is 6.30. The number of methoxy groups -OCH3 is 2. The van der Waals surface area contributed by atoms with Crippen LogP contribution in [0, 0.1) is 12.7 Å². The Balaban J connectivity index is 2.53. The summed E-state index contributed by atoms with van der Waals surface area (Å²) < 4.78 is 24.6. The maximum atomic E-state index is 14.3. The summed E-state index contributed by atoms with van der Waals surface area (Å²) in [6.45, 7) is 1.91. The number of alkyl halides is 1. The zero-order chi connectivity index (χ0) is 15.6. The monoisotopic (exact) mass is 372 g/mol. The fourth-order valence-corrected chi connectivity index (χ4v) is 3.20. The predicted molar refractivity (Wildman–Crippen MR) is 86.5 cm³/mol. The predicted octanol–water partition coefficient (Wildman–Crippen LogP) is 5.29. The van der Waals surface area contributed by atoms with E-state index < -0.39 is 0 Å². The van der Waals surface area contributed by atoms with Crippen LogP contribution in [0.3, 0.4) is 0 Å². The Hall–Kier alpha value is -1.26. The number of ether oxygens (including phenoxy) is 2. The van der Waals surface area contributed by atoms with Gasteiger partial charge in [0, 0.05) is 16.7 Å². The van der Waals surface area contributed by atoms with E-state index in [1.54, 1.807) is 6.07 Å². The third-order valence-corrected chi connectivity index (χ3v) is 4.77. The molecule has 112 valence electrons. The zero-order valence-corrected chi connectivity index (χ0v) is 14.3. The molecule has 0 aromatic heterocycles. The largest absolute Gasteiger partial charge is 0.493 e. The van der Waals surface area contributed by atoms with Gasteiger partial charge in [0.25, 0.3) is 0 Å². The first kappa shape index (κ1) is 16.1. The van der Waals surface area contributed by atoms with E-state index in [0.29, 0.717) is 22.1 Å². The molecule has 0 aliphatic heterocycles. The van der Waals surface area contributed by atoms with Crippen molar-refractivity contribution < 1.29 is 13.9 Å². The summed E-state index contributed by atoms with van der Waals surface area (Å²) in [6.07, 6.45) is 0. The minimum Gasteiger partial charge on any atom is -0.493 e. The molecule has 0 N–H and O–H groups in total. The molecule has 5 heteroatoms. The van der Waals surface area contributed by atoms with Crippen LogP contribution in [0.4, 0.5) is 4.39 Å². The maximum absolute atomic E-state index is 14.3. The van der Waals surface area contributed by atoms with Crippen molar-refractivity contribution in [3.63, 3.8) is 0 Å². The van der Waals surface area contributed by atoms with Gasteiger partial charge in [-0.2, -0.15) is 0 Å². The van der Waals surface area contributed by atoms with Gasteiger partial charge in [0.2, 0.25) is 0 Å². The second-order valence-corrected chi connectivity index (χ2v) is 5.86. The van der Waals surface area contributed by atoms with E-state index in [9.17, 15) is 4.39 Å². The Morgan fingerprint density at radius 1 is 1.10 bits per heavy atom. The molecule has 0 bridgehead atoms. The molecule has 0 radical (unpaired) electrons. The van der Waals surface area contributed by atoms with Crippen LogP contribution in [-0.2, 0) is 0 Å². The maximum Gasteiger partial charge on any atom is 0.163 e. The van der Waals surface area contributed by atoms with Gasteiger partial charge in [-0.25, -0.2) is 4.39 Å². The van der Waals surface area contributed by atoms with Gasteiger partial charge in [-0.1, -0.05) is 45.7 Å². The van der Waals surface area contributed by atoms with Crippen LogP contribution in [0.2, 0.25) is 5.02 Å². The molecule has 1 unspecified atom stereocenters. The van der Waals surface area contributed by atoms with Crippen LogP contribution in [-0.4, -0.2) is 14.2 Å². The lowest BCUT2D eigenvalue weighted by Gasteiger charge is -2.17. The van der Waals surface area contributed by atoms with E-state index >= 15 is 0 Å². The Bertz CT molecular complexity index is 661. The number of halogens is 3. The van der Waals surface area contributed by atoms with Crippen LogP contribution in [0.15, 0.2) is 30.3 Å². The summed E-state index contributed by atoms with van der Waals surface area (Å²) in [4.78, 5) is -0.371. The number of hydrogen-bond donors (Lipinski definition) is 0. The summed E-state index contributed by atoms with van der Waals surface area (Å²) in [5.74, 6) is 0.447. The van der Waals surface area contributed by atoms with E-state index in [4.69, 9.17) is 21.1 Å². The van der Waals surface area contributed by atoms with Crippen molar-refractivity contribution in [1.82, 2.24) is 0 Å². The fraction of sp³-hybridized carbons (Fsp3) is 0.250. The normalized spacial score (nSPS) is 12.1. The quantitative estimate of drug-likeness (QED) is 0.678. The molecule has 2 aromatic rings. The van der Waals surface area contributed by atoms with Gasteiger partial charge < -0.3 is 9.47 Å². The van der Waals surface area contributed by atoms with Crippen LogP contribution >= 0.6 is 27.5 Å². The molecule has 2 aromatic carbocycles. The van der Waals surface area contributed by atoms with E-state index in [0.717, 1.165) is 11.1 Å². The Kier molecular flexibility index (Phi) is 5.12. The van der Waals surface area contributed by atoms with Crippen LogP contribution in [0.25, 0.3) is 0 Å². The summed E-state index contributed by atoms with van der Waals surface area (Å²) in [6, 6.07) is 8.60. The van der Waals surface area contributed by atoms with Gasteiger partial charge in [-0.15, -0.1) is 0 Å². The topological polar surface area (TPSA) is 18.5 Å². The second kappa shape index (κ2) is 6.67. The molecule has 21 heavy (non-hydrogen) atoms. The van der Waals surface area contributed by atoms with Crippen molar-refractivity contribution in [3.8, 4) is 11.5 Å². The number of rotatable bonds is 4. The highest BCUT2D eigenvalue weighted by Crippen LogP contribution is 2.41. The molecule has 0 saturated carbocycles. The summed E-state index contributed by atoms with van der Waals surface area (Å²) in [5.41, 5.74) is 2.20. The third-order valence-electron chi connectivity index (χ3n) is 3.27. The van der Waals surface area contributed by atoms with Crippen molar-refractivity contribution in [1.29, 1.82) is 0 Å². The third kappa shape index (κ3) is 3.16. The average molecular weight is 374 g/mol. The summed E-state index contributed by atoms with van der Waals surface area (Å²) >= 11 is 9.83. The average Bonchev–Trinajstić information content (AvgIpc) is 2.49. The van der Waals surface area contributed by atoms with E-state index in [1.807, 2.05) is 25.1 Å². The van der Waals surface area contributed by atoms with E-state index in [2.05, 4.69) is 15.9 Å². The number of hydrogen-bond acceptors (Lipinski definition) is 2. The standard InChI is InChI=1S/C16H15BrClFO2/c1-9-5-4-6-10(16(9)18)15(17)11-7-13(20-2)14(21-3)8-12(11)19/h4-8,15H,1-3H3. The van der Waals surface area contributed by atoms with Crippen LogP contribution in [0.1, 0.15) is 21.5 Å². The molecular formula is C16H15BrClFO2. The SMILES string of the molecule is COc1cc(F)c(C(Br)c2cccc(C)c2Cl)cc1OC. The highest BCUT2D eigenvalue weighted by atomic mass is 79.9. The lowest BCUT2D eigenvalue weighted by Crippen LogP contribution is -2.01. The van der Waals surface area contributed by atoms with E-state index in [-0.39, 0.29) is 10.6 Å². The molecule has 0 amide bonds. The van der Waals surface area contributed by atoms with Gasteiger partial charge in [-0.3, -0.25) is 0 Å². The molecule has 1 atom stereocenters. The Labute approximate surface area is 137 Å². The molecular weight excluding hydrogens is 359 g/mol. The van der Waals surface area contributed by atoms with Gasteiger partial charge >= 0.3 is 0 Å². The fourth-order valence-electron chi connectivity index (χ4n) is 2.10. The molecule has 0 aliphatic rings. The Morgan fingerprint density at radius 2 is 1.71 bits per heavy atom. The van der Waals surface area contributed by atoms with Crippen LogP contribution < -0.4 is 9.47 Å². The van der Waals surface area contributed by atoms with Gasteiger partial charge in [0.15, 0.2) is 11.5 Å². The lowest BCUT2D eigenvalue weighted by atomic mass is 10.0. The van der Waals surface area contributed by atoms with Gasteiger partial charge in [0.05, 0.1) is 19.0 Å². The van der Waals surface area contributed by atoms with E-state index in [1.165, 1.54) is 20.3 Å². The van der Waals surface area contributed by atoms with Gasteiger partial charge in [-0.05, 0) is 24.1 Å². The van der Waals surface area contributed by atoms with Crippen LogP contribution in [0.5, 0.6) is 11.5 Å². The first-order chi connectivity index (χ1) is 9.99. The molecule has 0 aliphatic carbocycles. The molecule has 2 nitrogen and oxygen atoms in total. The minimum absolute atomic E-state index is 0.355. The molecule has 0 saturated heterocycles. The smallest absolute Gasteiger partial charge is 0.163 e. The minimum atomic E-state index is -0.382. The highest BCUT2D eigenvalue weighted by molar-refractivity contribution is 9.09. The Morgan fingerprint density at radius 3 is 2.33 bits per heavy atom. The van der Waals surface area contributed by atoms with Gasteiger partial charge in [0.1, 0.15) is 5.82 Å². The zero-order valence-electron chi connectivity index (χ0n) is 11.9. The highest BCUT2D eigenvalue weighted by Gasteiger charge is 2.21. The summed E-state index contributed by atoms with van der Waals surface area (Å²) in [7, 11) is 2.99. The number of benzene rings is 2.